The number of aromatic nitrogens is 2. The fraction of sp³-hybridized carbons (Fsp3) is 0.250. The number of hydrogen-bond donors (Lipinski definition) is 1. The summed E-state index contributed by atoms with van der Waals surface area (Å²) in [4.78, 5) is 12.7. The van der Waals surface area contributed by atoms with Crippen LogP contribution in [-0.2, 0) is 7.05 Å². The van der Waals surface area contributed by atoms with Crippen LogP contribution in [0.25, 0.3) is 0 Å². The molecule has 1 radical (unpaired) electrons. The predicted octanol–water partition coefficient (Wildman–Crippen LogP) is 0.167. The molecule has 0 saturated carbocycles. The molecular formula is C4H4ClN2O. The Labute approximate surface area is 50.9 Å². The van der Waals surface area contributed by atoms with E-state index in [0.29, 0.717) is 5.15 Å². The average molecular weight is 132 g/mol. The lowest BCUT2D eigenvalue weighted by atomic mass is 10.9. The molecule has 0 aliphatic carbocycles. The monoisotopic (exact) mass is 131 g/mol. The fourth-order valence-corrected chi connectivity index (χ4v) is 0.486. The molecule has 1 heterocycles. The van der Waals surface area contributed by atoms with E-state index in [4.69, 9.17) is 11.6 Å². The number of hydrogen-bond acceptors (Lipinski definition) is 1. The third kappa shape index (κ3) is 0.648. The zero-order valence-electron chi connectivity index (χ0n) is 4.23. The minimum atomic E-state index is -0.241. The molecule has 0 aliphatic heterocycles. The Hall–Kier alpha value is -0.700. The summed E-state index contributed by atoms with van der Waals surface area (Å²) in [7, 11) is 1.57. The molecule has 4 heteroatoms. The van der Waals surface area contributed by atoms with Crippen LogP contribution in [0.4, 0.5) is 0 Å². The Morgan fingerprint density at radius 1 is 1.88 bits per heavy atom. The molecule has 0 aromatic carbocycles. The third-order valence-electron chi connectivity index (χ3n) is 0.872. The van der Waals surface area contributed by atoms with E-state index in [1.807, 2.05) is 0 Å². The van der Waals surface area contributed by atoms with Gasteiger partial charge >= 0.3 is 5.69 Å². The highest BCUT2D eigenvalue weighted by Crippen LogP contribution is 1.97. The van der Waals surface area contributed by atoms with Gasteiger partial charge in [0.25, 0.3) is 0 Å². The first-order chi connectivity index (χ1) is 3.72. The van der Waals surface area contributed by atoms with E-state index in [-0.39, 0.29) is 5.69 Å². The summed E-state index contributed by atoms with van der Waals surface area (Å²) in [6, 6.07) is 0. The third-order valence-corrected chi connectivity index (χ3v) is 1.22. The second kappa shape index (κ2) is 1.67. The number of rotatable bonds is 0. The molecule has 1 aromatic rings. The van der Waals surface area contributed by atoms with E-state index >= 15 is 0 Å². The molecule has 1 N–H and O–H groups in total. The maximum absolute atomic E-state index is 10.4. The minimum absolute atomic E-state index is 0.241. The molecule has 3 nitrogen and oxygen atoms in total. The number of halogens is 1. The molecule has 0 amide bonds. The van der Waals surface area contributed by atoms with Crippen molar-refractivity contribution in [2.45, 2.75) is 0 Å². The highest BCUT2D eigenvalue weighted by molar-refractivity contribution is 6.29. The normalized spacial score (nSPS) is 9.75. The van der Waals surface area contributed by atoms with Gasteiger partial charge in [0.05, 0.1) is 0 Å². The van der Waals surface area contributed by atoms with Crippen molar-refractivity contribution in [3.05, 3.63) is 21.8 Å². The summed E-state index contributed by atoms with van der Waals surface area (Å²) in [6.45, 7) is 0. The lowest BCUT2D eigenvalue weighted by molar-refractivity contribution is 0.863. The largest absolute Gasteiger partial charge is 0.326 e. The lowest BCUT2D eigenvalue weighted by Crippen LogP contribution is -2.11. The molecule has 8 heavy (non-hydrogen) atoms. The summed E-state index contributed by atoms with van der Waals surface area (Å²) in [5, 5.41) is 0.301. The van der Waals surface area contributed by atoms with Crippen LogP contribution in [0.15, 0.2) is 4.79 Å². The summed E-state index contributed by atoms with van der Waals surface area (Å²) >= 11 is 5.41. The second-order valence-electron chi connectivity index (χ2n) is 1.40. The van der Waals surface area contributed by atoms with Gasteiger partial charge in [-0.05, 0) is 0 Å². The van der Waals surface area contributed by atoms with Crippen molar-refractivity contribution in [1.82, 2.24) is 9.55 Å². The fourth-order valence-electron chi connectivity index (χ4n) is 0.362. The van der Waals surface area contributed by atoms with Crippen LogP contribution in [0.5, 0.6) is 0 Å². The van der Waals surface area contributed by atoms with Gasteiger partial charge < -0.3 is 4.98 Å². The van der Waals surface area contributed by atoms with Crippen LogP contribution >= 0.6 is 11.6 Å². The summed E-state index contributed by atoms with van der Waals surface area (Å²) in [5.74, 6) is 0. The molecule has 0 atom stereocenters. The minimum Gasteiger partial charge on any atom is -0.303 e. The standard InChI is InChI=1S/C4H4ClN2O/c1-7-3(5)2-6-4(7)8/h1H3,(H,6,8). The molecule has 0 unspecified atom stereocenters. The Morgan fingerprint density at radius 3 is 2.62 bits per heavy atom. The molecule has 1 rings (SSSR count). The maximum Gasteiger partial charge on any atom is 0.326 e. The van der Waals surface area contributed by atoms with Crippen LogP contribution in [0.1, 0.15) is 0 Å². The first-order valence-corrected chi connectivity index (χ1v) is 2.42. The SMILES string of the molecule is Cn1c(Cl)[c][nH]c1=O. The van der Waals surface area contributed by atoms with Crippen molar-refractivity contribution in [1.29, 1.82) is 0 Å². The highest BCUT2D eigenvalue weighted by atomic mass is 35.5. The van der Waals surface area contributed by atoms with E-state index in [1.165, 1.54) is 4.57 Å². The zero-order valence-corrected chi connectivity index (χ0v) is 4.99. The van der Waals surface area contributed by atoms with Crippen molar-refractivity contribution in [3.8, 4) is 0 Å². The van der Waals surface area contributed by atoms with E-state index in [9.17, 15) is 4.79 Å². The molecule has 0 aliphatic rings. The van der Waals surface area contributed by atoms with E-state index in [0.717, 1.165) is 0 Å². The first kappa shape index (κ1) is 5.44. The molecule has 0 spiro atoms. The van der Waals surface area contributed by atoms with Gasteiger partial charge in [-0.2, -0.15) is 0 Å². The Morgan fingerprint density at radius 2 is 2.50 bits per heavy atom. The van der Waals surface area contributed by atoms with Gasteiger partial charge in [0.15, 0.2) is 0 Å². The van der Waals surface area contributed by atoms with Gasteiger partial charge in [0, 0.05) is 7.05 Å². The molecule has 1 aromatic heterocycles. The average Bonchev–Trinajstić information content (AvgIpc) is 1.98. The second-order valence-corrected chi connectivity index (χ2v) is 1.76. The molecule has 0 saturated heterocycles. The van der Waals surface area contributed by atoms with Crippen LogP contribution in [0.3, 0.4) is 0 Å². The van der Waals surface area contributed by atoms with Gasteiger partial charge in [-0.1, -0.05) is 11.6 Å². The number of nitrogens with zero attached hydrogens (tertiary/aromatic N) is 1. The lowest BCUT2D eigenvalue weighted by Gasteiger charge is -1.83. The topological polar surface area (TPSA) is 37.8 Å². The number of nitrogens with one attached hydrogen (secondary N) is 1. The van der Waals surface area contributed by atoms with Crippen LogP contribution < -0.4 is 5.69 Å². The number of aromatic amines is 1. The van der Waals surface area contributed by atoms with Gasteiger partial charge in [-0.15, -0.1) is 0 Å². The Kier molecular flexibility index (Phi) is 1.13. The van der Waals surface area contributed by atoms with E-state index in [2.05, 4.69) is 11.2 Å². The Bertz CT molecular complexity index is 236. The van der Waals surface area contributed by atoms with Crippen LogP contribution in [0.2, 0.25) is 5.15 Å². The van der Waals surface area contributed by atoms with Crippen molar-refractivity contribution < 1.29 is 0 Å². The molecule has 0 fully saturated rings. The van der Waals surface area contributed by atoms with Gasteiger partial charge in [0.1, 0.15) is 11.3 Å². The van der Waals surface area contributed by atoms with Crippen molar-refractivity contribution in [2.24, 2.45) is 7.05 Å². The predicted molar refractivity (Wildman–Crippen MR) is 29.9 cm³/mol. The van der Waals surface area contributed by atoms with Gasteiger partial charge in [-0.25, -0.2) is 4.79 Å². The van der Waals surface area contributed by atoms with E-state index in [1.54, 1.807) is 7.05 Å². The summed E-state index contributed by atoms with van der Waals surface area (Å²) < 4.78 is 1.27. The summed E-state index contributed by atoms with van der Waals surface area (Å²) in [5.41, 5.74) is -0.241. The molecule has 43 valence electrons. The number of H-pyrrole nitrogens is 1. The van der Waals surface area contributed by atoms with Gasteiger partial charge in [0.2, 0.25) is 0 Å². The number of imidazole rings is 1. The van der Waals surface area contributed by atoms with E-state index < -0.39 is 0 Å². The van der Waals surface area contributed by atoms with Gasteiger partial charge in [-0.3, -0.25) is 4.57 Å². The highest BCUT2D eigenvalue weighted by Gasteiger charge is 1.94. The van der Waals surface area contributed by atoms with Crippen molar-refractivity contribution >= 4 is 11.6 Å². The zero-order chi connectivity index (χ0) is 6.15. The summed E-state index contributed by atoms with van der Waals surface area (Å²) in [6.07, 6.45) is 2.43. The van der Waals surface area contributed by atoms with Crippen molar-refractivity contribution in [2.75, 3.05) is 0 Å². The smallest absolute Gasteiger partial charge is 0.303 e. The molecule has 0 bridgehead atoms. The van der Waals surface area contributed by atoms with Crippen LogP contribution in [-0.4, -0.2) is 9.55 Å². The Balaban J connectivity index is 3.41. The quantitative estimate of drug-likeness (QED) is 0.536. The maximum atomic E-state index is 10.4. The first-order valence-electron chi connectivity index (χ1n) is 2.04. The van der Waals surface area contributed by atoms with Crippen LogP contribution in [0, 0.1) is 6.20 Å². The molecular weight excluding hydrogens is 128 g/mol. The van der Waals surface area contributed by atoms with Crippen molar-refractivity contribution in [3.63, 3.8) is 0 Å².